The van der Waals surface area contributed by atoms with Crippen LogP contribution < -0.4 is 0 Å². The van der Waals surface area contributed by atoms with Crippen LogP contribution in [0.1, 0.15) is 17.5 Å². The van der Waals surface area contributed by atoms with Crippen molar-refractivity contribution >= 4 is 15.8 Å². The number of carboxylic acid groups (broad SMARTS) is 1. The fourth-order valence-corrected chi connectivity index (χ4v) is 4.20. The lowest BCUT2D eigenvalue weighted by atomic mass is 10.2. The topological polar surface area (TPSA) is 80.7 Å². The lowest BCUT2D eigenvalue weighted by Gasteiger charge is -2.14. The van der Waals surface area contributed by atoms with Crippen molar-refractivity contribution in [3.8, 4) is 0 Å². The Kier molecular flexibility index (Phi) is 7.81. The molecule has 0 amide bonds. The summed E-state index contributed by atoms with van der Waals surface area (Å²) in [6.07, 6.45) is 0.975. The quantitative estimate of drug-likeness (QED) is 0.610. The van der Waals surface area contributed by atoms with Crippen LogP contribution in [0, 0.1) is 0 Å². The number of carboxylic acids is 1. The molecule has 0 aromatic heterocycles. The maximum atomic E-state index is 12.4. The molecule has 2 aromatic carbocycles. The van der Waals surface area contributed by atoms with Crippen LogP contribution in [-0.2, 0) is 32.2 Å². The molecule has 2 rings (SSSR count). The zero-order valence-electron chi connectivity index (χ0n) is 14.6. The summed E-state index contributed by atoms with van der Waals surface area (Å²) in [5.41, 5.74) is 2.00. The van der Waals surface area contributed by atoms with Gasteiger partial charge in [-0.2, -0.15) is 0 Å². The second-order valence-corrected chi connectivity index (χ2v) is 8.37. The molecule has 0 spiro atoms. The number of aliphatic carboxylic acids is 1. The van der Waals surface area contributed by atoms with E-state index < -0.39 is 21.1 Å². The van der Waals surface area contributed by atoms with E-state index in [0.717, 1.165) is 11.1 Å². The molecule has 6 heteroatoms. The van der Waals surface area contributed by atoms with Gasteiger partial charge in [-0.15, -0.1) is 0 Å². The molecule has 2 aromatic rings. The largest absolute Gasteiger partial charge is 0.480 e. The molecule has 0 fully saturated rings. The SMILES string of the molecule is O=C(O)C(CCOCCc1ccccc1)S(=O)(=O)CCc1ccccc1. The van der Waals surface area contributed by atoms with Crippen LogP contribution in [0.5, 0.6) is 0 Å². The Morgan fingerprint density at radius 2 is 1.42 bits per heavy atom. The first kappa shape index (κ1) is 20.1. The summed E-state index contributed by atoms with van der Waals surface area (Å²) in [6, 6.07) is 19.0. The van der Waals surface area contributed by atoms with Gasteiger partial charge in [0.25, 0.3) is 0 Å². The highest BCUT2D eigenvalue weighted by atomic mass is 32.2. The molecule has 1 atom stereocenters. The van der Waals surface area contributed by atoms with Crippen molar-refractivity contribution in [3.63, 3.8) is 0 Å². The number of ether oxygens (including phenoxy) is 1. The average Bonchev–Trinajstić information content (AvgIpc) is 2.64. The van der Waals surface area contributed by atoms with Crippen molar-refractivity contribution in [3.05, 3.63) is 71.8 Å². The number of sulfone groups is 1. The summed E-state index contributed by atoms with van der Waals surface area (Å²) in [4.78, 5) is 11.4. The molecule has 1 unspecified atom stereocenters. The minimum atomic E-state index is -3.74. The molecule has 0 aliphatic carbocycles. The van der Waals surface area contributed by atoms with E-state index in [2.05, 4.69) is 0 Å². The maximum Gasteiger partial charge on any atom is 0.321 e. The lowest BCUT2D eigenvalue weighted by Crippen LogP contribution is -2.34. The highest BCUT2D eigenvalue weighted by Crippen LogP contribution is 2.12. The van der Waals surface area contributed by atoms with Crippen LogP contribution in [0.25, 0.3) is 0 Å². The van der Waals surface area contributed by atoms with Crippen molar-refractivity contribution < 1.29 is 23.1 Å². The van der Waals surface area contributed by atoms with E-state index in [1.54, 1.807) is 0 Å². The Labute approximate surface area is 154 Å². The Morgan fingerprint density at radius 3 is 1.96 bits per heavy atom. The van der Waals surface area contributed by atoms with Gasteiger partial charge < -0.3 is 9.84 Å². The van der Waals surface area contributed by atoms with Gasteiger partial charge in [0.1, 0.15) is 0 Å². The summed E-state index contributed by atoms with van der Waals surface area (Å²) in [6.45, 7) is 0.536. The van der Waals surface area contributed by atoms with Crippen LogP contribution in [0.3, 0.4) is 0 Å². The lowest BCUT2D eigenvalue weighted by molar-refractivity contribution is -0.136. The molecular formula is C20H24O5S. The van der Waals surface area contributed by atoms with Gasteiger partial charge in [0.2, 0.25) is 0 Å². The first-order chi connectivity index (χ1) is 12.5. The summed E-state index contributed by atoms with van der Waals surface area (Å²) >= 11 is 0. The number of rotatable bonds is 11. The molecule has 0 heterocycles. The molecule has 1 N–H and O–H groups in total. The molecule has 26 heavy (non-hydrogen) atoms. The number of hydrogen-bond acceptors (Lipinski definition) is 4. The van der Waals surface area contributed by atoms with Crippen molar-refractivity contribution in [2.24, 2.45) is 0 Å². The standard InChI is InChI=1S/C20H24O5S/c21-20(22)19(12-15-25-14-11-17-7-3-1-4-8-17)26(23,24)16-13-18-9-5-2-6-10-18/h1-10,19H,11-16H2,(H,21,22). The van der Waals surface area contributed by atoms with E-state index in [9.17, 15) is 18.3 Å². The van der Waals surface area contributed by atoms with Crippen LogP contribution in [0.15, 0.2) is 60.7 Å². The van der Waals surface area contributed by atoms with Crippen molar-refractivity contribution in [2.45, 2.75) is 24.5 Å². The first-order valence-corrected chi connectivity index (χ1v) is 10.3. The predicted octanol–water partition coefficient (Wildman–Crippen LogP) is 2.75. The molecule has 0 aliphatic rings. The summed E-state index contributed by atoms with van der Waals surface area (Å²) in [5.74, 6) is -1.50. The normalized spacial score (nSPS) is 12.6. The molecule has 0 radical (unpaired) electrons. The number of benzene rings is 2. The van der Waals surface area contributed by atoms with Gasteiger partial charge in [-0.3, -0.25) is 4.79 Å². The zero-order chi connectivity index (χ0) is 18.8. The van der Waals surface area contributed by atoms with Gasteiger partial charge in [0.15, 0.2) is 15.1 Å². The highest BCUT2D eigenvalue weighted by Gasteiger charge is 2.31. The van der Waals surface area contributed by atoms with Crippen molar-refractivity contribution in [1.29, 1.82) is 0 Å². The van der Waals surface area contributed by atoms with Gasteiger partial charge in [-0.25, -0.2) is 8.42 Å². The summed E-state index contributed by atoms with van der Waals surface area (Å²) in [5, 5.41) is 7.88. The first-order valence-electron chi connectivity index (χ1n) is 8.59. The Balaban J connectivity index is 1.80. The van der Waals surface area contributed by atoms with Gasteiger partial charge in [0, 0.05) is 6.61 Å². The minimum Gasteiger partial charge on any atom is -0.480 e. The van der Waals surface area contributed by atoms with E-state index in [1.165, 1.54) is 0 Å². The second kappa shape index (κ2) is 10.1. The van der Waals surface area contributed by atoms with Gasteiger partial charge in [-0.1, -0.05) is 60.7 Å². The number of carbonyl (C=O) groups is 1. The molecule has 0 saturated heterocycles. The van der Waals surface area contributed by atoms with Crippen molar-refractivity contribution in [1.82, 2.24) is 0 Å². The van der Waals surface area contributed by atoms with Crippen LogP contribution in [0.2, 0.25) is 0 Å². The van der Waals surface area contributed by atoms with E-state index in [-0.39, 0.29) is 18.8 Å². The Morgan fingerprint density at radius 1 is 0.885 bits per heavy atom. The van der Waals surface area contributed by atoms with E-state index in [1.807, 2.05) is 60.7 Å². The summed E-state index contributed by atoms with van der Waals surface area (Å²) in [7, 11) is -3.74. The van der Waals surface area contributed by atoms with E-state index >= 15 is 0 Å². The van der Waals surface area contributed by atoms with E-state index in [4.69, 9.17) is 4.74 Å². The minimum absolute atomic E-state index is 0.0404. The van der Waals surface area contributed by atoms with E-state index in [0.29, 0.717) is 19.4 Å². The third-order valence-corrected chi connectivity index (χ3v) is 6.21. The highest BCUT2D eigenvalue weighted by molar-refractivity contribution is 7.92. The molecule has 140 valence electrons. The maximum absolute atomic E-state index is 12.4. The van der Waals surface area contributed by atoms with Crippen molar-refractivity contribution in [2.75, 3.05) is 19.0 Å². The third-order valence-electron chi connectivity index (χ3n) is 4.13. The smallest absolute Gasteiger partial charge is 0.321 e. The monoisotopic (exact) mass is 376 g/mol. The van der Waals surface area contributed by atoms with Crippen LogP contribution >= 0.6 is 0 Å². The molecule has 0 saturated carbocycles. The fraction of sp³-hybridized carbons (Fsp3) is 0.350. The molecule has 0 bridgehead atoms. The molecule has 0 aliphatic heterocycles. The zero-order valence-corrected chi connectivity index (χ0v) is 15.4. The Hall–Kier alpha value is -2.18. The summed E-state index contributed by atoms with van der Waals surface area (Å²) < 4.78 is 30.2. The average molecular weight is 376 g/mol. The number of aryl methyl sites for hydroxylation is 1. The fourth-order valence-electron chi connectivity index (χ4n) is 2.63. The van der Waals surface area contributed by atoms with Gasteiger partial charge >= 0.3 is 5.97 Å². The predicted molar refractivity (Wildman–Crippen MR) is 101 cm³/mol. The van der Waals surface area contributed by atoms with Gasteiger partial charge in [0.05, 0.1) is 12.4 Å². The second-order valence-electron chi connectivity index (χ2n) is 6.07. The Bertz CT molecular complexity index is 772. The number of hydrogen-bond donors (Lipinski definition) is 1. The van der Waals surface area contributed by atoms with Crippen LogP contribution in [0.4, 0.5) is 0 Å². The molecule has 5 nitrogen and oxygen atoms in total. The van der Waals surface area contributed by atoms with Crippen LogP contribution in [-0.4, -0.2) is 43.7 Å². The third kappa shape index (κ3) is 6.61. The van der Waals surface area contributed by atoms with Gasteiger partial charge in [-0.05, 0) is 30.4 Å². The molecular weight excluding hydrogens is 352 g/mol.